The maximum Gasteiger partial charge on any atom is 0.0438 e. The molecule has 3 heteroatoms. The lowest BCUT2D eigenvalue weighted by Crippen LogP contribution is -2.43. The van der Waals surface area contributed by atoms with E-state index in [0.29, 0.717) is 6.04 Å². The first kappa shape index (κ1) is 11.9. The number of likely N-dealkylation sites (tertiary alicyclic amines) is 1. The van der Waals surface area contributed by atoms with E-state index < -0.39 is 0 Å². The highest BCUT2D eigenvalue weighted by atomic mass is 35.5. The van der Waals surface area contributed by atoms with Crippen LogP contribution in [0.5, 0.6) is 0 Å². The number of rotatable bonds is 3. The Morgan fingerprint density at radius 2 is 2.19 bits per heavy atom. The van der Waals surface area contributed by atoms with Crippen LogP contribution in [0.4, 0.5) is 0 Å². The molecule has 16 heavy (non-hydrogen) atoms. The molecule has 0 radical (unpaired) electrons. The van der Waals surface area contributed by atoms with Crippen molar-refractivity contribution in [3.05, 3.63) is 34.9 Å². The van der Waals surface area contributed by atoms with Crippen LogP contribution >= 0.6 is 11.6 Å². The minimum Gasteiger partial charge on any atom is -0.327 e. The van der Waals surface area contributed by atoms with Gasteiger partial charge in [-0.25, -0.2) is 0 Å². The van der Waals surface area contributed by atoms with Gasteiger partial charge in [0.05, 0.1) is 0 Å². The van der Waals surface area contributed by atoms with Gasteiger partial charge in [-0.1, -0.05) is 29.8 Å². The van der Waals surface area contributed by atoms with Gasteiger partial charge in [-0.05, 0) is 37.4 Å². The van der Waals surface area contributed by atoms with Crippen LogP contribution in [0, 0.1) is 0 Å². The zero-order chi connectivity index (χ0) is 11.4. The normalized spacial score (nSPS) is 22.2. The van der Waals surface area contributed by atoms with Crippen LogP contribution in [0.3, 0.4) is 0 Å². The minimum atomic E-state index is 0.361. The third-order valence-corrected chi connectivity index (χ3v) is 3.57. The second-order valence-corrected chi connectivity index (χ2v) is 4.95. The highest BCUT2D eigenvalue weighted by molar-refractivity contribution is 6.31. The molecule has 2 nitrogen and oxygen atoms in total. The predicted octanol–water partition coefficient (Wildman–Crippen LogP) is 2.31. The third kappa shape index (κ3) is 3.21. The molecule has 0 aromatic heterocycles. The lowest BCUT2D eigenvalue weighted by Gasteiger charge is -2.30. The van der Waals surface area contributed by atoms with Gasteiger partial charge in [-0.2, -0.15) is 0 Å². The molecular formula is C13H19ClN2. The number of hydrogen-bond donors (Lipinski definition) is 1. The highest BCUT2D eigenvalue weighted by Crippen LogP contribution is 2.16. The molecule has 1 aromatic carbocycles. The summed E-state index contributed by atoms with van der Waals surface area (Å²) in [5, 5.41) is 0.879. The SMILES string of the molecule is NC1CCCN(CCc2ccccc2Cl)C1. The second kappa shape index (κ2) is 5.67. The molecule has 2 rings (SSSR count). The fraction of sp³-hybridized carbons (Fsp3) is 0.538. The smallest absolute Gasteiger partial charge is 0.0438 e. The maximum absolute atomic E-state index is 6.13. The first-order chi connectivity index (χ1) is 7.75. The Morgan fingerprint density at radius 1 is 1.38 bits per heavy atom. The molecule has 0 saturated carbocycles. The van der Waals surface area contributed by atoms with Crippen molar-refractivity contribution in [2.24, 2.45) is 5.73 Å². The van der Waals surface area contributed by atoms with Crippen LogP contribution in [0.1, 0.15) is 18.4 Å². The van der Waals surface area contributed by atoms with Crippen molar-refractivity contribution in [3.63, 3.8) is 0 Å². The Balaban J connectivity index is 1.85. The zero-order valence-electron chi connectivity index (χ0n) is 9.53. The monoisotopic (exact) mass is 238 g/mol. The average Bonchev–Trinajstić information content (AvgIpc) is 2.28. The van der Waals surface area contributed by atoms with Gasteiger partial charge in [0.1, 0.15) is 0 Å². The van der Waals surface area contributed by atoms with Gasteiger partial charge in [-0.3, -0.25) is 0 Å². The molecule has 1 fully saturated rings. The fourth-order valence-electron chi connectivity index (χ4n) is 2.27. The summed E-state index contributed by atoms with van der Waals surface area (Å²) in [4.78, 5) is 2.44. The first-order valence-corrected chi connectivity index (χ1v) is 6.35. The number of halogens is 1. The minimum absolute atomic E-state index is 0.361. The molecule has 1 atom stereocenters. The molecule has 0 bridgehead atoms. The standard InChI is InChI=1S/C13H19ClN2/c14-13-6-2-1-4-11(13)7-9-16-8-3-5-12(15)10-16/h1-2,4,6,12H,3,5,7-10,15H2. The molecule has 1 saturated heterocycles. The summed E-state index contributed by atoms with van der Waals surface area (Å²) in [6.07, 6.45) is 3.42. The first-order valence-electron chi connectivity index (χ1n) is 5.97. The van der Waals surface area contributed by atoms with Crippen LogP contribution in [-0.4, -0.2) is 30.6 Å². The second-order valence-electron chi connectivity index (χ2n) is 4.54. The number of hydrogen-bond acceptors (Lipinski definition) is 2. The Kier molecular flexibility index (Phi) is 4.22. The quantitative estimate of drug-likeness (QED) is 0.876. The Hall–Kier alpha value is -0.570. The summed E-state index contributed by atoms with van der Waals surface area (Å²) in [5.74, 6) is 0. The van der Waals surface area contributed by atoms with Crippen molar-refractivity contribution in [2.45, 2.75) is 25.3 Å². The predicted molar refractivity (Wildman–Crippen MR) is 68.8 cm³/mol. The molecule has 88 valence electrons. The fourth-order valence-corrected chi connectivity index (χ4v) is 2.50. The summed E-state index contributed by atoms with van der Waals surface area (Å²) in [6, 6.07) is 8.44. The van der Waals surface area contributed by atoms with Crippen LogP contribution in [-0.2, 0) is 6.42 Å². The maximum atomic E-state index is 6.13. The third-order valence-electron chi connectivity index (χ3n) is 3.20. The van der Waals surface area contributed by atoms with Crippen molar-refractivity contribution in [3.8, 4) is 0 Å². The van der Waals surface area contributed by atoms with E-state index in [1.54, 1.807) is 0 Å². The number of benzene rings is 1. The molecule has 1 unspecified atom stereocenters. The summed E-state index contributed by atoms with van der Waals surface area (Å²) in [7, 11) is 0. The van der Waals surface area contributed by atoms with Crippen molar-refractivity contribution in [2.75, 3.05) is 19.6 Å². The van der Waals surface area contributed by atoms with Gasteiger partial charge in [-0.15, -0.1) is 0 Å². The van der Waals surface area contributed by atoms with E-state index in [2.05, 4.69) is 11.0 Å². The van der Waals surface area contributed by atoms with E-state index in [0.717, 1.165) is 24.5 Å². The van der Waals surface area contributed by atoms with Crippen molar-refractivity contribution in [1.82, 2.24) is 4.90 Å². The van der Waals surface area contributed by atoms with E-state index in [-0.39, 0.29) is 0 Å². The van der Waals surface area contributed by atoms with Gasteiger partial charge in [0.15, 0.2) is 0 Å². The molecule has 0 spiro atoms. The Bertz CT molecular complexity index is 340. The van der Waals surface area contributed by atoms with E-state index in [1.165, 1.54) is 24.9 Å². The number of nitrogens with two attached hydrogens (primary N) is 1. The van der Waals surface area contributed by atoms with E-state index >= 15 is 0 Å². The topological polar surface area (TPSA) is 29.3 Å². The number of piperidine rings is 1. The van der Waals surface area contributed by atoms with Gasteiger partial charge in [0, 0.05) is 24.2 Å². The molecular weight excluding hydrogens is 220 g/mol. The summed E-state index contributed by atoms with van der Waals surface area (Å²) < 4.78 is 0. The van der Waals surface area contributed by atoms with E-state index in [1.807, 2.05) is 18.2 Å². The van der Waals surface area contributed by atoms with Crippen LogP contribution in [0.15, 0.2) is 24.3 Å². The van der Waals surface area contributed by atoms with E-state index in [9.17, 15) is 0 Å². The van der Waals surface area contributed by atoms with Crippen molar-refractivity contribution in [1.29, 1.82) is 0 Å². The molecule has 1 heterocycles. The van der Waals surface area contributed by atoms with Gasteiger partial charge >= 0.3 is 0 Å². The van der Waals surface area contributed by atoms with Gasteiger partial charge < -0.3 is 10.6 Å². The zero-order valence-corrected chi connectivity index (χ0v) is 10.3. The van der Waals surface area contributed by atoms with E-state index in [4.69, 9.17) is 17.3 Å². The van der Waals surface area contributed by atoms with Crippen LogP contribution in [0.25, 0.3) is 0 Å². The van der Waals surface area contributed by atoms with Crippen molar-refractivity contribution >= 4 is 11.6 Å². The summed E-state index contributed by atoms with van der Waals surface area (Å²) in [5.41, 5.74) is 7.20. The molecule has 0 amide bonds. The highest BCUT2D eigenvalue weighted by Gasteiger charge is 2.16. The molecule has 2 N–H and O–H groups in total. The Morgan fingerprint density at radius 3 is 2.94 bits per heavy atom. The lowest BCUT2D eigenvalue weighted by atomic mass is 10.1. The molecule has 1 aliphatic heterocycles. The molecule has 1 aliphatic rings. The van der Waals surface area contributed by atoms with Crippen molar-refractivity contribution < 1.29 is 0 Å². The number of nitrogens with zero attached hydrogens (tertiary/aromatic N) is 1. The van der Waals surface area contributed by atoms with Gasteiger partial charge in [0.25, 0.3) is 0 Å². The largest absolute Gasteiger partial charge is 0.327 e. The average molecular weight is 239 g/mol. The van der Waals surface area contributed by atoms with Crippen LogP contribution in [0.2, 0.25) is 5.02 Å². The summed E-state index contributed by atoms with van der Waals surface area (Å²) >= 11 is 6.13. The Labute approximate surface area is 102 Å². The van der Waals surface area contributed by atoms with Gasteiger partial charge in [0.2, 0.25) is 0 Å². The lowest BCUT2D eigenvalue weighted by molar-refractivity contribution is 0.211. The summed E-state index contributed by atoms with van der Waals surface area (Å²) in [6.45, 7) is 3.28. The van der Waals surface area contributed by atoms with Crippen LogP contribution < -0.4 is 5.73 Å². The molecule has 1 aromatic rings. The molecule has 0 aliphatic carbocycles.